The number of hydrogen-bond acceptors (Lipinski definition) is 5. The van der Waals surface area contributed by atoms with Crippen molar-refractivity contribution in [1.82, 2.24) is 4.98 Å². The van der Waals surface area contributed by atoms with Gasteiger partial charge in [0.2, 0.25) is 0 Å². The molecular formula is C12H10N3O4S-. The number of nitrogen functional groups attached to an aromatic ring is 1. The smallest absolute Gasteiger partial charge is 0.335 e. The lowest BCUT2D eigenvalue weighted by Gasteiger charge is -2.16. The number of aromatic carboxylic acids is 1. The van der Waals surface area contributed by atoms with E-state index in [9.17, 15) is 13.6 Å². The molecule has 0 saturated heterocycles. The van der Waals surface area contributed by atoms with Crippen LogP contribution in [-0.2, 0) is 11.3 Å². The van der Waals surface area contributed by atoms with Gasteiger partial charge in [0.1, 0.15) is 0 Å². The largest absolute Gasteiger partial charge is 0.755 e. The molecule has 1 unspecified atom stereocenters. The quantitative estimate of drug-likeness (QED) is 0.574. The molecule has 1 aromatic carbocycles. The minimum Gasteiger partial charge on any atom is -0.755 e. The first-order chi connectivity index (χ1) is 9.49. The fourth-order valence-corrected chi connectivity index (χ4v) is 2.13. The second-order valence-electron chi connectivity index (χ2n) is 3.87. The van der Waals surface area contributed by atoms with Crippen molar-refractivity contribution in [2.45, 2.75) is 0 Å². The van der Waals surface area contributed by atoms with E-state index >= 15 is 0 Å². The van der Waals surface area contributed by atoms with Gasteiger partial charge in [0.05, 0.1) is 11.3 Å². The molecule has 0 amide bonds. The van der Waals surface area contributed by atoms with Crippen LogP contribution in [-0.4, -0.2) is 24.8 Å². The number of nitrogens with zero attached hydrogens (tertiary/aromatic N) is 1. The van der Waals surface area contributed by atoms with Crippen LogP contribution in [0.2, 0.25) is 0 Å². The van der Waals surface area contributed by atoms with Gasteiger partial charge in [0.25, 0.3) is 0 Å². The number of benzene rings is 1. The third-order valence-corrected chi connectivity index (χ3v) is 2.95. The highest BCUT2D eigenvalue weighted by atomic mass is 32.2. The summed E-state index contributed by atoms with van der Waals surface area (Å²) in [5.41, 5.74) is 6.92. The molecule has 104 valence electrons. The molecule has 0 aliphatic heterocycles. The summed E-state index contributed by atoms with van der Waals surface area (Å²) in [6.45, 7) is 0. The highest BCUT2D eigenvalue weighted by Crippen LogP contribution is 2.34. The van der Waals surface area contributed by atoms with Crippen LogP contribution in [0.25, 0.3) is 11.1 Å². The molecule has 0 radical (unpaired) electrons. The molecule has 0 saturated carbocycles. The van der Waals surface area contributed by atoms with Crippen molar-refractivity contribution in [2.24, 2.45) is 0 Å². The number of nitrogens with two attached hydrogens (primary N) is 1. The fourth-order valence-electron chi connectivity index (χ4n) is 1.79. The standard InChI is InChI=1S/C12H11N3O4S/c13-9-4-8(12(16)17)5-10(15-20(18)19)11(9)7-2-1-3-14-6-7/h1-6,15H,13H2,(H,16,17)(H,18,19)/p-1. The van der Waals surface area contributed by atoms with Gasteiger partial charge in [-0.05, 0) is 18.2 Å². The Bertz CT molecular complexity index is 676. The molecule has 2 rings (SSSR count). The van der Waals surface area contributed by atoms with Gasteiger partial charge in [0, 0.05) is 40.5 Å². The van der Waals surface area contributed by atoms with E-state index in [1.54, 1.807) is 18.3 Å². The first-order valence-corrected chi connectivity index (χ1v) is 6.49. The molecule has 0 aliphatic carbocycles. The van der Waals surface area contributed by atoms with E-state index in [2.05, 4.69) is 9.71 Å². The third-order valence-electron chi connectivity index (χ3n) is 2.56. The minimum absolute atomic E-state index is 0.0868. The SMILES string of the molecule is Nc1cc(C(=O)O)cc(NS(=O)[O-])c1-c1cccnc1. The number of carbonyl (C=O) groups is 1. The van der Waals surface area contributed by atoms with Crippen LogP contribution >= 0.6 is 0 Å². The average molecular weight is 292 g/mol. The van der Waals surface area contributed by atoms with E-state index in [0.29, 0.717) is 11.1 Å². The lowest BCUT2D eigenvalue weighted by molar-refractivity contribution is 0.0697. The van der Waals surface area contributed by atoms with E-state index in [0.717, 1.165) is 0 Å². The number of hydrogen-bond donors (Lipinski definition) is 3. The Morgan fingerprint density at radius 3 is 2.75 bits per heavy atom. The van der Waals surface area contributed by atoms with Crippen molar-refractivity contribution in [3.05, 3.63) is 42.2 Å². The summed E-state index contributed by atoms with van der Waals surface area (Å²) in [4.78, 5) is 14.9. The Labute approximate surface area is 116 Å². The number of carboxylic acids is 1. The normalized spacial score (nSPS) is 11.8. The van der Waals surface area contributed by atoms with E-state index in [-0.39, 0.29) is 16.9 Å². The van der Waals surface area contributed by atoms with Crippen LogP contribution in [0.4, 0.5) is 11.4 Å². The lowest BCUT2D eigenvalue weighted by Crippen LogP contribution is -2.08. The average Bonchev–Trinajstić information content (AvgIpc) is 2.38. The second kappa shape index (κ2) is 5.68. The van der Waals surface area contributed by atoms with Crippen molar-refractivity contribution in [2.75, 3.05) is 10.5 Å². The first kappa shape index (κ1) is 14.0. The predicted octanol–water partition coefficient (Wildman–Crippen LogP) is 1.24. The molecule has 1 atom stereocenters. The van der Waals surface area contributed by atoms with E-state index in [4.69, 9.17) is 10.8 Å². The molecule has 1 heterocycles. The van der Waals surface area contributed by atoms with Gasteiger partial charge in [-0.25, -0.2) is 4.79 Å². The fraction of sp³-hybridized carbons (Fsp3) is 0. The molecule has 20 heavy (non-hydrogen) atoms. The molecule has 8 heteroatoms. The molecule has 0 bridgehead atoms. The van der Waals surface area contributed by atoms with Crippen LogP contribution in [0.3, 0.4) is 0 Å². The van der Waals surface area contributed by atoms with Crippen LogP contribution in [0, 0.1) is 0 Å². The van der Waals surface area contributed by atoms with E-state index in [1.807, 2.05) is 0 Å². The minimum atomic E-state index is -2.60. The summed E-state index contributed by atoms with van der Waals surface area (Å²) in [5.74, 6) is -1.20. The number of nitrogens with one attached hydrogen (secondary N) is 1. The number of anilines is 2. The van der Waals surface area contributed by atoms with Crippen molar-refractivity contribution in [1.29, 1.82) is 0 Å². The number of pyridine rings is 1. The predicted molar refractivity (Wildman–Crippen MR) is 73.6 cm³/mol. The van der Waals surface area contributed by atoms with Gasteiger partial charge in [-0.15, -0.1) is 0 Å². The molecule has 2 aromatic rings. The highest BCUT2D eigenvalue weighted by Gasteiger charge is 2.14. The molecule has 0 fully saturated rings. The number of carboxylic acid groups (broad SMARTS) is 1. The Balaban J connectivity index is 2.65. The summed E-state index contributed by atoms with van der Waals surface area (Å²) in [6.07, 6.45) is 3.06. The van der Waals surface area contributed by atoms with Crippen LogP contribution < -0.4 is 10.5 Å². The van der Waals surface area contributed by atoms with Crippen LogP contribution in [0.5, 0.6) is 0 Å². The lowest BCUT2D eigenvalue weighted by atomic mass is 10.0. The van der Waals surface area contributed by atoms with Gasteiger partial charge >= 0.3 is 5.97 Å². The summed E-state index contributed by atoms with van der Waals surface area (Å²) in [5, 5.41) is 8.98. The van der Waals surface area contributed by atoms with Crippen molar-refractivity contribution in [3.63, 3.8) is 0 Å². The maximum atomic E-state index is 11.0. The van der Waals surface area contributed by atoms with E-state index < -0.39 is 17.2 Å². The molecule has 0 spiro atoms. The highest BCUT2D eigenvalue weighted by molar-refractivity contribution is 7.80. The van der Waals surface area contributed by atoms with Gasteiger partial charge < -0.3 is 20.1 Å². The second-order valence-corrected chi connectivity index (χ2v) is 4.55. The van der Waals surface area contributed by atoms with Gasteiger partial charge in [-0.1, -0.05) is 6.07 Å². The maximum absolute atomic E-state index is 11.0. The topological polar surface area (TPSA) is 128 Å². The Morgan fingerprint density at radius 2 is 2.20 bits per heavy atom. The Hall–Kier alpha value is -2.45. The van der Waals surface area contributed by atoms with Gasteiger partial charge in [0.15, 0.2) is 0 Å². The van der Waals surface area contributed by atoms with Gasteiger partial charge in [-0.3, -0.25) is 9.19 Å². The molecule has 1 aromatic heterocycles. The molecule has 0 aliphatic rings. The van der Waals surface area contributed by atoms with Crippen molar-refractivity contribution >= 4 is 28.6 Å². The summed E-state index contributed by atoms with van der Waals surface area (Å²) < 4.78 is 23.8. The van der Waals surface area contributed by atoms with Crippen LogP contribution in [0.15, 0.2) is 36.7 Å². The third kappa shape index (κ3) is 2.92. The molecular weight excluding hydrogens is 282 g/mol. The maximum Gasteiger partial charge on any atom is 0.335 e. The Morgan fingerprint density at radius 1 is 1.45 bits per heavy atom. The zero-order chi connectivity index (χ0) is 14.7. The zero-order valence-electron chi connectivity index (χ0n) is 10.1. The summed E-state index contributed by atoms with van der Waals surface area (Å²) >= 11 is -2.60. The first-order valence-electron chi connectivity index (χ1n) is 5.42. The molecule has 4 N–H and O–H groups in total. The van der Waals surface area contributed by atoms with E-state index in [1.165, 1.54) is 18.3 Å². The van der Waals surface area contributed by atoms with Gasteiger partial charge in [-0.2, -0.15) is 0 Å². The molecule has 7 nitrogen and oxygen atoms in total. The number of rotatable bonds is 4. The summed E-state index contributed by atoms with van der Waals surface area (Å²) in [6, 6.07) is 5.83. The monoisotopic (exact) mass is 292 g/mol. The Kier molecular flexibility index (Phi) is 3.97. The van der Waals surface area contributed by atoms with Crippen molar-refractivity contribution in [3.8, 4) is 11.1 Å². The number of aromatic nitrogens is 1. The van der Waals surface area contributed by atoms with Crippen LogP contribution in [0.1, 0.15) is 10.4 Å². The summed E-state index contributed by atoms with van der Waals surface area (Å²) in [7, 11) is 0. The zero-order valence-corrected chi connectivity index (χ0v) is 10.9. The van der Waals surface area contributed by atoms with Crippen molar-refractivity contribution < 1.29 is 18.7 Å².